The number of ether oxygens (including phenoxy) is 2. The number of rotatable bonds is 10. The van der Waals surface area contributed by atoms with E-state index in [0.717, 1.165) is 16.1 Å². The Bertz CT molecular complexity index is 1430. The first-order chi connectivity index (χ1) is 18.7. The molecule has 2 amide bonds. The zero-order valence-corrected chi connectivity index (χ0v) is 23.2. The van der Waals surface area contributed by atoms with E-state index in [2.05, 4.69) is 5.32 Å². The van der Waals surface area contributed by atoms with E-state index in [4.69, 9.17) is 21.1 Å². The Balaban J connectivity index is 1.72. The summed E-state index contributed by atoms with van der Waals surface area (Å²) < 4.78 is 38.0. The van der Waals surface area contributed by atoms with Gasteiger partial charge in [0.15, 0.2) is 11.5 Å². The smallest absolute Gasteiger partial charge is 0.244 e. The highest BCUT2D eigenvalue weighted by molar-refractivity contribution is 7.92. The first kappa shape index (κ1) is 28.3. The van der Waals surface area contributed by atoms with E-state index >= 15 is 0 Å². The van der Waals surface area contributed by atoms with Crippen LogP contribution in [-0.4, -0.2) is 64.2 Å². The molecular formula is C28H30ClN3O6S. The fourth-order valence-electron chi connectivity index (χ4n) is 4.33. The molecule has 3 aromatic rings. The summed E-state index contributed by atoms with van der Waals surface area (Å²) in [6.07, 6.45) is 1.25. The fraction of sp³-hybridized carbons (Fsp3) is 0.286. The number of likely N-dealkylation sites (N-methyl/N-ethyl adjacent to an activating group) is 1. The molecule has 1 atom stereocenters. The summed E-state index contributed by atoms with van der Waals surface area (Å²) in [5, 5.41) is 3.07. The predicted molar refractivity (Wildman–Crippen MR) is 150 cm³/mol. The summed E-state index contributed by atoms with van der Waals surface area (Å²) in [5.74, 6) is -0.0722. The summed E-state index contributed by atoms with van der Waals surface area (Å²) in [6, 6.07) is 20.1. The average molecular weight is 572 g/mol. The van der Waals surface area contributed by atoms with Crippen molar-refractivity contribution in [3.63, 3.8) is 0 Å². The molecule has 0 saturated heterocycles. The number of fused-ring (bicyclic) bond motifs is 1. The Kier molecular flexibility index (Phi) is 8.98. The minimum Gasteiger partial charge on any atom is -0.486 e. The molecule has 0 fully saturated rings. The van der Waals surface area contributed by atoms with Crippen LogP contribution in [0.5, 0.6) is 11.5 Å². The Morgan fingerprint density at radius 2 is 1.64 bits per heavy atom. The lowest BCUT2D eigenvalue weighted by atomic mass is 10.0. The molecule has 1 heterocycles. The van der Waals surface area contributed by atoms with Gasteiger partial charge >= 0.3 is 0 Å². The molecule has 0 aliphatic carbocycles. The third-order valence-corrected chi connectivity index (χ3v) is 7.82. The maximum Gasteiger partial charge on any atom is 0.244 e. The van der Waals surface area contributed by atoms with Gasteiger partial charge in [0.05, 0.1) is 11.9 Å². The highest BCUT2D eigenvalue weighted by Crippen LogP contribution is 2.35. The van der Waals surface area contributed by atoms with Crippen LogP contribution in [0.4, 0.5) is 5.69 Å². The number of nitrogens with zero attached hydrogens (tertiary/aromatic N) is 2. The van der Waals surface area contributed by atoms with Gasteiger partial charge in [-0.05, 0) is 29.3 Å². The minimum absolute atomic E-state index is 0.00215. The fourth-order valence-corrected chi connectivity index (χ4v) is 5.37. The van der Waals surface area contributed by atoms with Crippen molar-refractivity contribution in [1.82, 2.24) is 10.2 Å². The van der Waals surface area contributed by atoms with Crippen LogP contribution in [0.15, 0.2) is 72.8 Å². The van der Waals surface area contributed by atoms with Crippen molar-refractivity contribution in [1.29, 1.82) is 0 Å². The molecule has 11 heteroatoms. The Morgan fingerprint density at radius 3 is 2.31 bits per heavy atom. The van der Waals surface area contributed by atoms with Crippen LogP contribution in [0.1, 0.15) is 11.1 Å². The van der Waals surface area contributed by atoms with Crippen molar-refractivity contribution in [3.05, 3.63) is 88.9 Å². The molecule has 4 rings (SSSR count). The number of amides is 2. The molecule has 0 aromatic heterocycles. The molecular weight excluding hydrogens is 542 g/mol. The lowest BCUT2D eigenvalue weighted by Crippen LogP contribution is -2.52. The largest absolute Gasteiger partial charge is 0.486 e. The van der Waals surface area contributed by atoms with E-state index in [0.29, 0.717) is 35.3 Å². The number of halogens is 1. The van der Waals surface area contributed by atoms with Gasteiger partial charge in [-0.1, -0.05) is 60.1 Å². The molecule has 9 nitrogen and oxygen atoms in total. The maximum absolute atomic E-state index is 14.0. The number of nitrogens with one attached hydrogen (secondary N) is 1. The summed E-state index contributed by atoms with van der Waals surface area (Å²) in [6.45, 7) is 0.181. The number of carbonyl (C=O) groups excluding carboxylic acids is 2. The van der Waals surface area contributed by atoms with Crippen LogP contribution in [0.25, 0.3) is 0 Å². The molecule has 0 saturated carbocycles. The summed E-state index contributed by atoms with van der Waals surface area (Å²) in [5.41, 5.74) is 1.71. The number of hydrogen-bond acceptors (Lipinski definition) is 6. The van der Waals surface area contributed by atoms with Gasteiger partial charge in [-0.3, -0.25) is 13.9 Å². The molecule has 0 unspecified atom stereocenters. The van der Waals surface area contributed by atoms with Gasteiger partial charge in [0.2, 0.25) is 21.8 Å². The van der Waals surface area contributed by atoms with Crippen LogP contribution in [0, 0.1) is 0 Å². The third-order valence-electron chi connectivity index (χ3n) is 6.31. The highest BCUT2D eigenvalue weighted by Gasteiger charge is 2.33. The van der Waals surface area contributed by atoms with Gasteiger partial charge < -0.3 is 19.7 Å². The quantitative estimate of drug-likeness (QED) is 0.400. The van der Waals surface area contributed by atoms with Crippen LogP contribution < -0.4 is 19.1 Å². The van der Waals surface area contributed by atoms with E-state index in [-0.39, 0.29) is 24.6 Å². The van der Waals surface area contributed by atoms with Gasteiger partial charge in [-0.25, -0.2) is 8.42 Å². The molecule has 1 N–H and O–H groups in total. The molecule has 206 valence electrons. The Labute approximate surface area is 233 Å². The summed E-state index contributed by atoms with van der Waals surface area (Å²) in [7, 11) is -2.41. The van der Waals surface area contributed by atoms with Crippen LogP contribution in [0.2, 0.25) is 5.02 Å². The Hall–Kier alpha value is -3.76. The maximum atomic E-state index is 14.0. The van der Waals surface area contributed by atoms with E-state index in [1.165, 1.54) is 18.0 Å². The molecule has 1 aliphatic rings. The molecule has 0 radical (unpaired) electrons. The second-order valence-electron chi connectivity index (χ2n) is 9.03. The van der Waals surface area contributed by atoms with Crippen molar-refractivity contribution in [2.24, 2.45) is 0 Å². The number of benzene rings is 3. The standard InChI is InChI=1S/C28H30ClN3O6S/c1-30-28(34)24(16-20-8-4-3-5-9-20)31(18-21-10-6-7-11-23(21)29)27(33)19-32(39(2,35)36)22-12-13-25-26(17-22)38-15-14-37-25/h3-13,17,24H,14-16,18-19H2,1-2H3,(H,30,34)/t24-/m1/s1. The van der Waals surface area contributed by atoms with E-state index in [1.807, 2.05) is 30.3 Å². The average Bonchev–Trinajstić information content (AvgIpc) is 2.93. The van der Waals surface area contributed by atoms with Crippen molar-refractivity contribution < 1.29 is 27.5 Å². The first-order valence-corrected chi connectivity index (χ1v) is 14.6. The number of carbonyl (C=O) groups is 2. The van der Waals surface area contributed by atoms with Crippen molar-refractivity contribution in [2.75, 3.05) is 37.4 Å². The monoisotopic (exact) mass is 571 g/mol. The van der Waals surface area contributed by atoms with E-state index in [9.17, 15) is 18.0 Å². The molecule has 1 aliphatic heterocycles. The predicted octanol–water partition coefficient (Wildman–Crippen LogP) is 3.26. The van der Waals surface area contributed by atoms with Crippen molar-refractivity contribution >= 4 is 39.1 Å². The van der Waals surface area contributed by atoms with Crippen LogP contribution in [0.3, 0.4) is 0 Å². The zero-order valence-electron chi connectivity index (χ0n) is 21.7. The zero-order chi connectivity index (χ0) is 28.0. The third kappa shape index (κ3) is 7.01. The van der Waals surface area contributed by atoms with Gasteiger partial charge in [-0.2, -0.15) is 0 Å². The van der Waals surface area contributed by atoms with Crippen molar-refractivity contribution in [3.8, 4) is 11.5 Å². The number of hydrogen-bond donors (Lipinski definition) is 1. The molecule has 0 spiro atoms. The lowest BCUT2D eigenvalue weighted by Gasteiger charge is -2.33. The summed E-state index contributed by atoms with van der Waals surface area (Å²) in [4.78, 5) is 28.5. The number of anilines is 1. The second-order valence-corrected chi connectivity index (χ2v) is 11.3. The lowest BCUT2D eigenvalue weighted by molar-refractivity contribution is -0.139. The highest BCUT2D eigenvalue weighted by atomic mass is 35.5. The summed E-state index contributed by atoms with van der Waals surface area (Å²) >= 11 is 6.42. The van der Waals surface area contributed by atoms with Gasteiger partial charge in [0, 0.05) is 31.1 Å². The van der Waals surface area contributed by atoms with E-state index < -0.39 is 28.5 Å². The minimum atomic E-state index is -3.90. The van der Waals surface area contributed by atoms with Crippen LogP contribution >= 0.6 is 11.6 Å². The normalized spacial score (nSPS) is 13.3. The van der Waals surface area contributed by atoms with Crippen molar-refractivity contribution in [2.45, 2.75) is 19.0 Å². The number of sulfonamides is 1. The molecule has 0 bridgehead atoms. The Morgan fingerprint density at radius 1 is 0.974 bits per heavy atom. The van der Waals surface area contributed by atoms with Gasteiger partial charge in [-0.15, -0.1) is 0 Å². The molecule has 39 heavy (non-hydrogen) atoms. The van der Waals surface area contributed by atoms with Crippen LogP contribution in [-0.2, 0) is 32.6 Å². The van der Waals surface area contributed by atoms with E-state index in [1.54, 1.807) is 36.4 Å². The van der Waals surface area contributed by atoms with Gasteiger partial charge in [0.25, 0.3) is 0 Å². The molecule has 3 aromatic carbocycles. The second kappa shape index (κ2) is 12.4. The van der Waals surface area contributed by atoms with Gasteiger partial charge in [0.1, 0.15) is 25.8 Å². The SMILES string of the molecule is CNC(=O)[C@@H](Cc1ccccc1)N(Cc1ccccc1Cl)C(=O)CN(c1ccc2c(c1)OCCO2)S(C)(=O)=O. The first-order valence-electron chi connectivity index (χ1n) is 12.3. The topological polar surface area (TPSA) is 105 Å².